The molecule has 0 spiro atoms. The van der Waals surface area contributed by atoms with E-state index in [4.69, 9.17) is 11.6 Å². The lowest BCUT2D eigenvalue weighted by Gasteiger charge is -2.01. The fourth-order valence-electron chi connectivity index (χ4n) is 1.25. The molecule has 1 aromatic carbocycles. The molecule has 0 atom stereocenters. The normalized spacial score (nSPS) is 10.6. The van der Waals surface area contributed by atoms with Gasteiger partial charge >= 0.3 is 0 Å². The number of thioether (sulfide) groups is 1. The number of thiophene rings is 1. The molecule has 0 radical (unpaired) electrons. The highest BCUT2D eigenvalue weighted by Gasteiger charge is 2.02. The molecule has 0 N–H and O–H groups in total. The first-order chi connectivity index (χ1) is 7.79. The van der Waals surface area contributed by atoms with Crippen molar-refractivity contribution in [2.24, 2.45) is 0 Å². The van der Waals surface area contributed by atoms with Crippen LogP contribution >= 0.6 is 50.6 Å². The zero-order valence-electron chi connectivity index (χ0n) is 8.45. The Kier molecular flexibility index (Phi) is 4.77. The van der Waals surface area contributed by atoms with Gasteiger partial charge in [0.25, 0.3) is 0 Å². The van der Waals surface area contributed by atoms with Crippen molar-refractivity contribution in [2.75, 3.05) is 0 Å². The van der Waals surface area contributed by atoms with Crippen LogP contribution in [0.2, 0.25) is 0 Å². The maximum absolute atomic E-state index is 5.75. The van der Waals surface area contributed by atoms with E-state index >= 15 is 0 Å². The molecule has 0 bridgehead atoms. The molecule has 0 aliphatic heterocycles. The molecular formula is C12H10BrClS2. The number of hydrogen-bond acceptors (Lipinski definition) is 2. The van der Waals surface area contributed by atoms with Gasteiger partial charge in [0.2, 0.25) is 0 Å². The summed E-state index contributed by atoms with van der Waals surface area (Å²) in [6.07, 6.45) is 0. The van der Waals surface area contributed by atoms with Crippen molar-refractivity contribution in [2.45, 2.75) is 16.5 Å². The van der Waals surface area contributed by atoms with Crippen molar-refractivity contribution in [3.8, 4) is 0 Å². The van der Waals surface area contributed by atoms with Gasteiger partial charge in [0.05, 0.1) is 0 Å². The second-order valence-electron chi connectivity index (χ2n) is 3.26. The molecule has 16 heavy (non-hydrogen) atoms. The first-order valence-electron chi connectivity index (χ1n) is 4.79. The predicted molar refractivity (Wildman–Crippen MR) is 77.6 cm³/mol. The molecule has 1 heterocycles. The minimum atomic E-state index is 0.585. The molecule has 1 aromatic heterocycles. The van der Waals surface area contributed by atoms with Gasteiger partial charge in [-0.25, -0.2) is 0 Å². The molecule has 2 rings (SSSR count). The molecular weight excluding hydrogens is 324 g/mol. The standard InChI is InChI=1S/C12H10BrClS2/c13-11-5-6-15-12(11)8-16-10-3-1-9(7-14)2-4-10/h1-6H,7-8H2. The molecule has 0 saturated heterocycles. The van der Waals surface area contributed by atoms with Crippen LogP contribution in [-0.4, -0.2) is 0 Å². The molecule has 84 valence electrons. The number of halogens is 2. The van der Waals surface area contributed by atoms with Gasteiger partial charge in [-0.1, -0.05) is 12.1 Å². The van der Waals surface area contributed by atoms with Crippen molar-refractivity contribution < 1.29 is 0 Å². The average Bonchev–Trinajstić information content (AvgIpc) is 2.73. The molecule has 0 saturated carbocycles. The first kappa shape index (κ1) is 12.5. The predicted octanol–water partition coefficient (Wildman–Crippen LogP) is 5.54. The van der Waals surface area contributed by atoms with E-state index in [0.29, 0.717) is 5.88 Å². The quantitative estimate of drug-likeness (QED) is 0.523. The van der Waals surface area contributed by atoms with Crippen molar-refractivity contribution in [1.82, 2.24) is 0 Å². The minimum absolute atomic E-state index is 0.585. The monoisotopic (exact) mass is 332 g/mol. The summed E-state index contributed by atoms with van der Waals surface area (Å²) in [6.45, 7) is 0. The third kappa shape index (κ3) is 3.27. The van der Waals surface area contributed by atoms with E-state index < -0.39 is 0 Å². The topological polar surface area (TPSA) is 0 Å². The Morgan fingerprint density at radius 1 is 1.19 bits per heavy atom. The van der Waals surface area contributed by atoms with E-state index in [9.17, 15) is 0 Å². The Labute approximate surface area is 117 Å². The van der Waals surface area contributed by atoms with Crippen LogP contribution in [0.1, 0.15) is 10.4 Å². The molecule has 0 unspecified atom stereocenters. The Hall–Kier alpha value is 0.0400. The summed E-state index contributed by atoms with van der Waals surface area (Å²) in [4.78, 5) is 2.67. The van der Waals surface area contributed by atoms with Gasteiger partial charge in [-0.2, -0.15) is 0 Å². The Morgan fingerprint density at radius 2 is 1.94 bits per heavy atom. The average molecular weight is 334 g/mol. The molecule has 4 heteroatoms. The van der Waals surface area contributed by atoms with Gasteiger partial charge in [-0.3, -0.25) is 0 Å². The summed E-state index contributed by atoms with van der Waals surface area (Å²) in [5.74, 6) is 1.60. The lowest BCUT2D eigenvalue weighted by molar-refractivity contribution is 1.33. The van der Waals surface area contributed by atoms with Crippen molar-refractivity contribution in [1.29, 1.82) is 0 Å². The minimum Gasteiger partial charge on any atom is -0.147 e. The van der Waals surface area contributed by atoms with Crippen LogP contribution in [0.15, 0.2) is 45.1 Å². The van der Waals surface area contributed by atoms with E-state index in [2.05, 4.69) is 51.6 Å². The summed E-state index contributed by atoms with van der Waals surface area (Å²) in [5.41, 5.74) is 1.17. The Bertz CT molecular complexity index is 450. The zero-order chi connectivity index (χ0) is 11.4. The van der Waals surface area contributed by atoms with E-state index in [-0.39, 0.29) is 0 Å². The van der Waals surface area contributed by atoms with Crippen LogP contribution < -0.4 is 0 Å². The second-order valence-corrected chi connectivity index (χ2v) is 6.43. The lowest BCUT2D eigenvalue weighted by Crippen LogP contribution is -1.79. The maximum Gasteiger partial charge on any atom is 0.0474 e. The summed E-state index contributed by atoms with van der Waals surface area (Å²) in [6, 6.07) is 10.5. The smallest absolute Gasteiger partial charge is 0.0474 e. The van der Waals surface area contributed by atoms with Crippen LogP contribution in [0.4, 0.5) is 0 Å². The third-order valence-electron chi connectivity index (χ3n) is 2.14. The second kappa shape index (κ2) is 6.10. The highest BCUT2D eigenvalue weighted by atomic mass is 79.9. The van der Waals surface area contributed by atoms with Crippen molar-refractivity contribution in [3.63, 3.8) is 0 Å². The number of hydrogen-bond donors (Lipinski definition) is 0. The lowest BCUT2D eigenvalue weighted by atomic mass is 10.2. The fraction of sp³-hybridized carbons (Fsp3) is 0.167. The van der Waals surface area contributed by atoms with Crippen LogP contribution in [0.3, 0.4) is 0 Å². The summed E-state index contributed by atoms with van der Waals surface area (Å²) in [5, 5.41) is 2.11. The highest BCUT2D eigenvalue weighted by Crippen LogP contribution is 2.30. The number of rotatable bonds is 4. The first-order valence-corrected chi connectivity index (χ1v) is 7.98. The van der Waals surface area contributed by atoms with Gasteiger partial charge in [-0.15, -0.1) is 34.7 Å². The Balaban J connectivity index is 1.97. The van der Waals surface area contributed by atoms with Crippen LogP contribution in [0.25, 0.3) is 0 Å². The van der Waals surface area contributed by atoms with Gasteiger partial charge in [0.15, 0.2) is 0 Å². The largest absolute Gasteiger partial charge is 0.147 e. The molecule has 0 aliphatic rings. The highest BCUT2D eigenvalue weighted by molar-refractivity contribution is 9.10. The van der Waals surface area contributed by atoms with Crippen molar-refractivity contribution in [3.05, 3.63) is 50.6 Å². The van der Waals surface area contributed by atoms with Gasteiger partial charge in [0, 0.05) is 25.9 Å². The molecule has 0 fully saturated rings. The third-order valence-corrected chi connectivity index (χ3v) is 5.59. The van der Waals surface area contributed by atoms with E-state index in [0.717, 1.165) is 5.75 Å². The van der Waals surface area contributed by atoms with E-state index in [1.165, 1.54) is 19.8 Å². The van der Waals surface area contributed by atoms with Crippen LogP contribution in [0.5, 0.6) is 0 Å². The molecule has 0 amide bonds. The fourth-order valence-corrected chi connectivity index (χ4v) is 4.12. The van der Waals surface area contributed by atoms with Crippen molar-refractivity contribution >= 4 is 50.6 Å². The van der Waals surface area contributed by atoms with E-state index in [1.54, 1.807) is 11.3 Å². The number of benzene rings is 1. The van der Waals surface area contributed by atoms with E-state index in [1.807, 2.05) is 11.8 Å². The molecule has 2 aromatic rings. The zero-order valence-corrected chi connectivity index (χ0v) is 12.4. The van der Waals surface area contributed by atoms with Gasteiger partial charge in [-0.05, 0) is 45.1 Å². The van der Waals surface area contributed by atoms with Crippen LogP contribution in [-0.2, 0) is 11.6 Å². The van der Waals surface area contributed by atoms with Gasteiger partial charge in [0.1, 0.15) is 0 Å². The number of alkyl halides is 1. The molecule has 0 aliphatic carbocycles. The summed E-state index contributed by atoms with van der Waals surface area (Å²) in [7, 11) is 0. The van der Waals surface area contributed by atoms with Crippen LogP contribution in [0, 0.1) is 0 Å². The molecule has 0 nitrogen and oxygen atoms in total. The summed E-state index contributed by atoms with van der Waals surface area (Å²) < 4.78 is 1.21. The SMILES string of the molecule is ClCc1ccc(SCc2sccc2Br)cc1. The summed E-state index contributed by atoms with van der Waals surface area (Å²) >= 11 is 12.9. The maximum atomic E-state index is 5.75. The van der Waals surface area contributed by atoms with Gasteiger partial charge < -0.3 is 0 Å². The Morgan fingerprint density at radius 3 is 2.50 bits per heavy atom.